The fraction of sp³-hybridized carbons (Fsp3) is 0.741. The number of alkyl carbamates (subject to hydrolysis) is 1. The molecule has 0 aromatic rings. The summed E-state index contributed by atoms with van der Waals surface area (Å²) >= 11 is 0. The Bertz CT molecular complexity index is 997. The molecule has 8 atom stereocenters. The number of carbonyl (C=O) groups is 3. The van der Waals surface area contributed by atoms with Crippen molar-refractivity contribution < 1.29 is 38.8 Å². The normalized spacial score (nSPS) is 43.2. The molecule has 0 bridgehead atoms. The number of allylic oxidation sites excluding steroid dienone is 4. The third-order valence-corrected chi connectivity index (χ3v) is 9.84. The predicted molar refractivity (Wildman–Crippen MR) is 129 cm³/mol. The predicted octanol–water partition coefficient (Wildman–Crippen LogP) is 2.40. The van der Waals surface area contributed by atoms with Crippen molar-refractivity contribution in [3.63, 3.8) is 0 Å². The number of amides is 1. The molecule has 4 aliphatic carbocycles. The Morgan fingerprint density at radius 1 is 1.25 bits per heavy atom. The molecule has 0 aliphatic heterocycles. The molecule has 3 saturated carbocycles. The number of ketones is 2. The summed E-state index contributed by atoms with van der Waals surface area (Å²) in [5.41, 5.74) is -5.53. The molecule has 0 unspecified atom stereocenters. The molecular weight excluding hydrogens is 469 g/mol. The zero-order valence-corrected chi connectivity index (χ0v) is 21.3. The van der Waals surface area contributed by atoms with Gasteiger partial charge < -0.3 is 25.4 Å². The van der Waals surface area contributed by atoms with E-state index in [0.717, 1.165) is 0 Å². The zero-order chi connectivity index (χ0) is 26.5. The van der Waals surface area contributed by atoms with Gasteiger partial charge in [-0.25, -0.2) is 9.18 Å². The van der Waals surface area contributed by atoms with Gasteiger partial charge in [-0.05, 0) is 69.4 Å². The maximum atomic E-state index is 17.2. The molecule has 0 spiro atoms. The first-order chi connectivity index (χ1) is 16.9. The Morgan fingerprint density at radius 3 is 2.67 bits per heavy atom. The minimum Gasteiger partial charge on any atom is -0.441 e. The van der Waals surface area contributed by atoms with E-state index < -0.39 is 58.5 Å². The molecule has 0 radical (unpaired) electrons. The minimum atomic E-state index is -2.04. The standard InChI is InChI=1S/C27H38FNO7/c1-16-12-20-19-7-6-17-13-18(31)8-9-24(17,2)26(19,28)21(32)14-25(20,3)27(16,35)22(33)15-36-23(34)29-10-4-5-11-30/h8-9,13,16,19-21,30,32,35H,4-7,10-12,14-15H2,1-3H3,(H,29,34)/t16-,19+,20+,21+,24+,25+,26+,27+/m0/s1. The lowest BCUT2D eigenvalue weighted by atomic mass is 9.44. The summed E-state index contributed by atoms with van der Waals surface area (Å²) in [7, 11) is 0. The Balaban J connectivity index is 1.56. The van der Waals surface area contributed by atoms with Gasteiger partial charge in [0.05, 0.1) is 6.10 Å². The Labute approximate surface area is 211 Å². The van der Waals surface area contributed by atoms with Gasteiger partial charge in [-0.3, -0.25) is 9.59 Å². The van der Waals surface area contributed by atoms with Gasteiger partial charge in [-0.15, -0.1) is 0 Å². The second kappa shape index (κ2) is 9.33. The van der Waals surface area contributed by atoms with Gasteiger partial charge >= 0.3 is 6.09 Å². The summed E-state index contributed by atoms with van der Waals surface area (Å²) in [6.07, 6.45) is 4.41. The highest BCUT2D eigenvalue weighted by atomic mass is 19.1. The first kappa shape index (κ1) is 26.9. The van der Waals surface area contributed by atoms with Crippen LogP contribution in [0.2, 0.25) is 0 Å². The number of hydrogen-bond acceptors (Lipinski definition) is 7. The lowest BCUT2D eigenvalue weighted by molar-refractivity contribution is -0.219. The van der Waals surface area contributed by atoms with Crippen LogP contribution in [0.15, 0.2) is 23.8 Å². The molecule has 8 nitrogen and oxygen atoms in total. The number of carbonyl (C=O) groups excluding carboxylic acids is 3. The van der Waals surface area contributed by atoms with Crippen molar-refractivity contribution in [1.29, 1.82) is 0 Å². The average molecular weight is 508 g/mol. The molecule has 0 saturated heterocycles. The monoisotopic (exact) mass is 507 g/mol. The number of unbranched alkanes of at least 4 members (excludes halogenated alkanes) is 1. The van der Waals surface area contributed by atoms with E-state index in [2.05, 4.69) is 5.32 Å². The molecule has 4 N–H and O–H groups in total. The number of ether oxygens (including phenoxy) is 1. The largest absolute Gasteiger partial charge is 0.441 e. The van der Waals surface area contributed by atoms with Crippen LogP contribution in [0.1, 0.15) is 59.3 Å². The van der Waals surface area contributed by atoms with Crippen molar-refractivity contribution in [2.75, 3.05) is 19.8 Å². The second-order valence-electron chi connectivity index (χ2n) is 11.5. The number of aliphatic hydroxyl groups is 3. The highest BCUT2D eigenvalue weighted by Gasteiger charge is 2.75. The molecule has 0 heterocycles. The first-order valence-electron chi connectivity index (χ1n) is 12.9. The summed E-state index contributed by atoms with van der Waals surface area (Å²) in [4.78, 5) is 37.3. The molecule has 0 aromatic heterocycles. The maximum absolute atomic E-state index is 17.2. The van der Waals surface area contributed by atoms with Crippen LogP contribution < -0.4 is 5.32 Å². The lowest BCUT2D eigenvalue weighted by Crippen LogP contribution is -2.69. The van der Waals surface area contributed by atoms with E-state index in [1.807, 2.05) is 0 Å². The molecule has 36 heavy (non-hydrogen) atoms. The number of nitrogens with one attached hydrogen (secondary N) is 1. The Hall–Kier alpha value is -2.10. The maximum Gasteiger partial charge on any atom is 0.407 e. The first-order valence-corrected chi connectivity index (χ1v) is 12.9. The van der Waals surface area contributed by atoms with Gasteiger partial charge in [0.1, 0.15) is 5.60 Å². The quantitative estimate of drug-likeness (QED) is 0.389. The molecule has 0 aromatic carbocycles. The second-order valence-corrected chi connectivity index (χ2v) is 11.5. The summed E-state index contributed by atoms with van der Waals surface area (Å²) in [6, 6.07) is 0. The Kier molecular flexibility index (Phi) is 6.98. The van der Waals surface area contributed by atoms with Crippen LogP contribution in [-0.2, 0) is 14.3 Å². The number of Topliss-reactive ketones (excluding diaryl/α,β-unsaturated/α-hetero) is 1. The van der Waals surface area contributed by atoms with Gasteiger partial charge in [-0.2, -0.15) is 0 Å². The molecular formula is C27H38FNO7. The van der Waals surface area contributed by atoms with Crippen LogP contribution in [0, 0.1) is 28.6 Å². The van der Waals surface area contributed by atoms with Gasteiger partial charge in [0.15, 0.2) is 18.1 Å². The molecule has 1 amide bonds. The van der Waals surface area contributed by atoms with E-state index >= 15 is 4.39 Å². The molecule has 4 rings (SSSR count). The molecule has 4 aliphatic rings. The smallest absolute Gasteiger partial charge is 0.407 e. The number of rotatable bonds is 7. The Morgan fingerprint density at radius 2 is 1.97 bits per heavy atom. The van der Waals surface area contributed by atoms with Gasteiger partial charge in [0.2, 0.25) is 5.78 Å². The van der Waals surface area contributed by atoms with Crippen molar-refractivity contribution in [2.24, 2.45) is 28.6 Å². The number of halogens is 1. The molecule has 9 heteroatoms. The topological polar surface area (TPSA) is 133 Å². The van der Waals surface area contributed by atoms with Crippen molar-refractivity contribution in [2.45, 2.75) is 76.7 Å². The number of aliphatic hydroxyl groups excluding tert-OH is 2. The van der Waals surface area contributed by atoms with E-state index in [1.165, 1.54) is 12.2 Å². The molecule has 200 valence electrons. The van der Waals surface area contributed by atoms with Crippen LogP contribution in [0.25, 0.3) is 0 Å². The van der Waals surface area contributed by atoms with Crippen molar-refractivity contribution in [3.05, 3.63) is 23.8 Å². The van der Waals surface area contributed by atoms with E-state index in [4.69, 9.17) is 9.84 Å². The summed E-state index contributed by atoms with van der Waals surface area (Å²) in [5, 5.41) is 34.5. The third-order valence-electron chi connectivity index (χ3n) is 9.84. The molecule has 3 fully saturated rings. The summed E-state index contributed by atoms with van der Waals surface area (Å²) in [6.45, 7) is 4.88. The zero-order valence-electron chi connectivity index (χ0n) is 21.3. The highest BCUT2D eigenvalue weighted by molar-refractivity contribution is 6.01. The summed E-state index contributed by atoms with van der Waals surface area (Å²) < 4.78 is 22.2. The summed E-state index contributed by atoms with van der Waals surface area (Å²) in [5.74, 6) is -2.38. The number of hydrogen-bond donors (Lipinski definition) is 4. The van der Waals surface area contributed by atoms with Crippen molar-refractivity contribution in [1.82, 2.24) is 5.32 Å². The van der Waals surface area contributed by atoms with E-state index in [1.54, 1.807) is 26.8 Å². The van der Waals surface area contributed by atoms with Gasteiger partial charge in [0, 0.05) is 29.9 Å². The van der Waals surface area contributed by atoms with Crippen LogP contribution >= 0.6 is 0 Å². The van der Waals surface area contributed by atoms with Crippen molar-refractivity contribution in [3.8, 4) is 0 Å². The van der Waals surface area contributed by atoms with Crippen LogP contribution in [0.3, 0.4) is 0 Å². The number of fused-ring (bicyclic) bond motifs is 5. The van der Waals surface area contributed by atoms with Crippen LogP contribution in [0.5, 0.6) is 0 Å². The fourth-order valence-electron chi connectivity index (χ4n) is 7.86. The van der Waals surface area contributed by atoms with E-state index in [-0.39, 0.29) is 31.3 Å². The number of alkyl halides is 1. The fourth-order valence-corrected chi connectivity index (χ4v) is 7.86. The lowest BCUT2D eigenvalue weighted by Gasteiger charge is -2.62. The van der Waals surface area contributed by atoms with Gasteiger partial charge in [-0.1, -0.05) is 25.5 Å². The SMILES string of the molecule is C[C@H]1C[C@@H]2[C@H]3CCC4=CC(=O)C=C[C@@]4(C)[C@]3(F)[C@H](O)C[C@@]2(C)[C@]1(O)C(=O)COC(=O)NCCCCO. The van der Waals surface area contributed by atoms with E-state index in [9.17, 15) is 24.6 Å². The highest BCUT2D eigenvalue weighted by Crippen LogP contribution is 2.70. The third kappa shape index (κ3) is 3.69. The van der Waals surface area contributed by atoms with Gasteiger partial charge in [0.25, 0.3) is 0 Å². The van der Waals surface area contributed by atoms with Crippen molar-refractivity contribution >= 4 is 17.7 Å². The van der Waals surface area contributed by atoms with Crippen LogP contribution in [0.4, 0.5) is 9.18 Å². The van der Waals surface area contributed by atoms with Crippen LogP contribution in [-0.4, -0.2) is 70.1 Å². The minimum absolute atomic E-state index is 0.0120. The van der Waals surface area contributed by atoms with E-state index in [0.29, 0.717) is 37.7 Å². The average Bonchev–Trinajstić information content (AvgIpc) is 3.03.